The van der Waals surface area contributed by atoms with E-state index in [0.717, 1.165) is 43.0 Å². The van der Waals surface area contributed by atoms with E-state index in [1.165, 1.54) is 5.69 Å². The van der Waals surface area contributed by atoms with Crippen molar-refractivity contribution < 1.29 is 9.53 Å². The predicted octanol–water partition coefficient (Wildman–Crippen LogP) is 2.11. The van der Waals surface area contributed by atoms with E-state index in [9.17, 15) is 4.79 Å². The molecule has 1 fully saturated rings. The molecule has 7 heteroatoms. The van der Waals surface area contributed by atoms with Gasteiger partial charge in [0.05, 0.1) is 17.9 Å². The first kappa shape index (κ1) is 19.0. The van der Waals surface area contributed by atoms with Crippen molar-refractivity contribution in [3.05, 3.63) is 46.8 Å². The molecule has 0 saturated carbocycles. The number of para-hydroxylation sites is 1. The summed E-state index contributed by atoms with van der Waals surface area (Å²) in [6.07, 6.45) is 0.729. The molecule has 0 aliphatic carbocycles. The van der Waals surface area contributed by atoms with Crippen LogP contribution in [0.4, 0.5) is 5.69 Å². The fraction of sp³-hybridized carbons (Fsp3) is 0.524. The van der Waals surface area contributed by atoms with E-state index in [1.807, 2.05) is 19.9 Å². The number of H-pyrrole nitrogens is 1. The second kappa shape index (κ2) is 7.93. The van der Waals surface area contributed by atoms with E-state index in [-0.39, 0.29) is 18.1 Å². The van der Waals surface area contributed by atoms with Gasteiger partial charge in [-0.2, -0.15) is 5.10 Å². The SMILES string of the molecule is C[C@@H]1Cc2c(C(=O)NCc3ccccc3N3CCN(C)CC3)n[nH]c2[C@H](C)O1. The number of anilines is 1. The summed E-state index contributed by atoms with van der Waals surface area (Å²) in [5.41, 5.74) is 4.73. The molecule has 2 atom stereocenters. The van der Waals surface area contributed by atoms with Crippen LogP contribution in [0.1, 0.15) is 47.3 Å². The molecule has 1 aromatic heterocycles. The highest BCUT2D eigenvalue weighted by atomic mass is 16.5. The Morgan fingerprint density at radius 1 is 1.25 bits per heavy atom. The zero-order valence-electron chi connectivity index (χ0n) is 16.9. The van der Waals surface area contributed by atoms with Crippen molar-refractivity contribution >= 4 is 11.6 Å². The molecule has 3 heterocycles. The third kappa shape index (κ3) is 3.77. The number of ether oxygens (including phenoxy) is 1. The smallest absolute Gasteiger partial charge is 0.272 e. The number of carbonyl (C=O) groups is 1. The van der Waals surface area contributed by atoms with Crippen LogP contribution in [-0.4, -0.2) is 60.3 Å². The Hall–Kier alpha value is -2.38. The molecular formula is C21H29N5O2. The van der Waals surface area contributed by atoms with Crippen LogP contribution in [0.15, 0.2) is 24.3 Å². The molecule has 4 rings (SSSR count). The third-order valence-corrected chi connectivity index (χ3v) is 5.72. The van der Waals surface area contributed by atoms with E-state index in [4.69, 9.17) is 4.74 Å². The number of aromatic amines is 1. The zero-order chi connectivity index (χ0) is 19.7. The van der Waals surface area contributed by atoms with Gasteiger partial charge in [-0.05, 0) is 32.5 Å². The molecule has 2 aliphatic rings. The molecule has 2 aromatic rings. The van der Waals surface area contributed by atoms with Gasteiger partial charge in [-0.3, -0.25) is 9.89 Å². The number of rotatable bonds is 4. The molecule has 0 bridgehead atoms. The van der Waals surface area contributed by atoms with Gasteiger partial charge in [-0.25, -0.2) is 0 Å². The van der Waals surface area contributed by atoms with Gasteiger partial charge in [0.25, 0.3) is 5.91 Å². The summed E-state index contributed by atoms with van der Waals surface area (Å²) in [6.45, 7) is 8.62. The lowest BCUT2D eigenvalue weighted by Gasteiger charge is -2.35. The van der Waals surface area contributed by atoms with Crippen molar-refractivity contribution in [1.29, 1.82) is 0 Å². The number of nitrogens with zero attached hydrogens (tertiary/aromatic N) is 3. The predicted molar refractivity (Wildman–Crippen MR) is 109 cm³/mol. The second-order valence-corrected chi connectivity index (χ2v) is 7.86. The number of aromatic nitrogens is 2. The molecule has 1 amide bonds. The fourth-order valence-electron chi connectivity index (χ4n) is 4.14. The maximum Gasteiger partial charge on any atom is 0.272 e. The minimum atomic E-state index is -0.132. The highest BCUT2D eigenvalue weighted by Crippen LogP contribution is 2.30. The summed E-state index contributed by atoms with van der Waals surface area (Å²) in [5.74, 6) is -0.132. The Labute approximate surface area is 166 Å². The largest absolute Gasteiger partial charge is 0.369 e. The van der Waals surface area contributed by atoms with Gasteiger partial charge < -0.3 is 19.9 Å². The van der Waals surface area contributed by atoms with Gasteiger partial charge >= 0.3 is 0 Å². The quantitative estimate of drug-likeness (QED) is 0.846. The van der Waals surface area contributed by atoms with Crippen LogP contribution in [-0.2, 0) is 17.7 Å². The average Bonchev–Trinajstić information content (AvgIpc) is 3.11. The van der Waals surface area contributed by atoms with Crippen molar-refractivity contribution in [1.82, 2.24) is 20.4 Å². The summed E-state index contributed by atoms with van der Waals surface area (Å²) in [5, 5.41) is 10.3. The Morgan fingerprint density at radius 3 is 2.79 bits per heavy atom. The van der Waals surface area contributed by atoms with Gasteiger partial charge in [0.15, 0.2) is 5.69 Å². The molecule has 2 aliphatic heterocycles. The third-order valence-electron chi connectivity index (χ3n) is 5.72. The van der Waals surface area contributed by atoms with Crippen LogP contribution in [0.5, 0.6) is 0 Å². The molecule has 1 aromatic carbocycles. The van der Waals surface area contributed by atoms with Crippen LogP contribution < -0.4 is 10.2 Å². The second-order valence-electron chi connectivity index (χ2n) is 7.86. The van der Waals surface area contributed by atoms with Crippen LogP contribution in [0, 0.1) is 0 Å². The maximum atomic E-state index is 12.8. The molecular weight excluding hydrogens is 354 g/mol. The molecule has 0 radical (unpaired) electrons. The number of hydrogen-bond acceptors (Lipinski definition) is 5. The standard InChI is InChI=1S/C21H29N5O2/c1-14-12-17-19(15(2)28-14)23-24-20(17)21(27)22-13-16-6-4-5-7-18(16)26-10-8-25(3)9-11-26/h4-7,14-15H,8-13H2,1-3H3,(H,22,27)(H,23,24)/t14-,15+/m1/s1. The van der Waals surface area contributed by atoms with Crippen molar-refractivity contribution in [2.75, 3.05) is 38.1 Å². The van der Waals surface area contributed by atoms with Crippen molar-refractivity contribution in [3.8, 4) is 0 Å². The van der Waals surface area contributed by atoms with Crippen molar-refractivity contribution in [2.24, 2.45) is 0 Å². The number of benzene rings is 1. The first-order valence-electron chi connectivity index (χ1n) is 10.0. The van der Waals surface area contributed by atoms with Gasteiger partial charge in [0.2, 0.25) is 0 Å². The number of amides is 1. The number of likely N-dealkylation sites (N-methyl/N-ethyl adjacent to an activating group) is 1. The highest BCUT2D eigenvalue weighted by molar-refractivity contribution is 5.94. The highest BCUT2D eigenvalue weighted by Gasteiger charge is 2.29. The zero-order valence-corrected chi connectivity index (χ0v) is 16.9. The lowest BCUT2D eigenvalue weighted by atomic mass is 9.99. The first-order chi connectivity index (χ1) is 13.5. The molecule has 0 spiro atoms. The van der Waals surface area contributed by atoms with Gasteiger partial charge in [-0.15, -0.1) is 0 Å². The first-order valence-corrected chi connectivity index (χ1v) is 10.0. The van der Waals surface area contributed by atoms with Gasteiger partial charge in [0, 0.05) is 50.4 Å². The Bertz CT molecular complexity index is 841. The summed E-state index contributed by atoms with van der Waals surface area (Å²) in [7, 11) is 2.15. The van der Waals surface area contributed by atoms with E-state index >= 15 is 0 Å². The number of hydrogen-bond donors (Lipinski definition) is 2. The summed E-state index contributed by atoms with van der Waals surface area (Å²) < 4.78 is 5.81. The minimum absolute atomic E-state index is 0.0641. The number of carbonyl (C=O) groups excluding carboxylic acids is 1. The maximum absolute atomic E-state index is 12.8. The van der Waals surface area contributed by atoms with Gasteiger partial charge in [-0.1, -0.05) is 18.2 Å². The molecule has 7 nitrogen and oxygen atoms in total. The normalized spacial score (nSPS) is 22.8. The Morgan fingerprint density at radius 2 is 2.00 bits per heavy atom. The van der Waals surface area contributed by atoms with E-state index in [0.29, 0.717) is 18.7 Å². The molecule has 2 N–H and O–H groups in total. The average molecular weight is 383 g/mol. The molecule has 1 saturated heterocycles. The van der Waals surface area contributed by atoms with Crippen LogP contribution in [0.2, 0.25) is 0 Å². The van der Waals surface area contributed by atoms with Crippen molar-refractivity contribution in [3.63, 3.8) is 0 Å². The van der Waals surface area contributed by atoms with Crippen LogP contribution >= 0.6 is 0 Å². The van der Waals surface area contributed by atoms with E-state index in [2.05, 4.69) is 50.6 Å². The van der Waals surface area contributed by atoms with Gasteiger partial charge in [0.1, 0.15) is 0 Å². The Kier molecular flexibility index (Phi) is 5.37. The van der Waals surface area contributed by atoms with Crippen LogP contribution in [0.3, 0.4) is 0 Å². The number of fused-ring (bicyclic) bond motifs is 1. The summed E-state index contributed by atoms with van der Waals surface area (Å²) in [6, 6.07) is 8.32. The molecule has 150 valence electrons. The van der Waals surface area contributed by atoms with E-state index < -0.39 is 0 Å². The van der Waals surface area contributed by atoms with Crippen molar-refractivity contribution in [2.45, 2.75) is 39.0 Å². The topological polar surface area (TPSA) is 73.5 Å². The number of piperazine rings is 1. The minimum Gasteiger partial charge on any atom is -0.369 e. The lowest BCUT2D eigenvalue weighted by Crippen LogP contribution is -2.45. The van der Waals surface area contributed by atoms with E-state index in [1.54, 1.807) is 0 Å². The lowest BCUT2D eigenvalue weighted by molar-refractivity contribution is -0.00697. The van der Waals surface area contributed by atoms with Crippen LogP contribution in [0.25, 0.3) is 0 Å². The summed E-state index contributed by atoms with van der Waals surface area (Å²) >= 11 is 0. The fourth-order valence-corrected chi connectivity index (χ4v) is 4.14. The monoisotopic (exact) mass is 383 g/mol. The molecule has 28 heavy (non-hydrogen) atoms. The number of nitrogens with one attached hydrogen (secondary N) is 2. The Balaban J connectivity index is 1.47. The molecule has 0 unspecified atom stereocenters. The summed E-state index contributed by atoms with van der Waals surface area (Å²) in [4.78, 5) is 17.6.